The Balaban J connectivity index is 2.10. The van der Waals surface area contributed by atoms with Crippen LogP contribution < -0.4 is 5.73 Å². The van der Waals surface area contributed by atoms with Gasteiger partial charge in [0.05, 0.1) is 0 Å². The van der Waals surface area contributed by atoms with E-state index in [1.807, 2.05) is 0 Å². The Bertz CT molecular complexity index is 409. The molecular formula is C14H20F2N2. The first-order valence-electron chi connectivity index (χ1n) is 6.48. The van der Waals surface area contributed by atoms with Crippen LogP contribution in [0.1, 0.15) is 25.3 Å². The second kappa shape index (κ2) is 5.76. The van der Waals surface area contributed by atoms with Crippen LogP contribution in [0, 0.1) is 17.6 Å². The molecule has 1 aromatic rings. The van der Waals surface area contributed by atoms with Crippen LogP contribution in [0.4, 0.5) is 8.78 Å². The molecule has 0 radical (unpaired) electrons. The second-order valence-corrected chi connectivity index (χ2v) is 5.23. The summed E-state index contributed by atoms with van der Waals surface area (Å²) in [7, 11) is 0. The summed E-state index contributed by atoms with van der Waals surface area (Å²) in [6.45, 7) is 4.13. The lowest BCUT2D eigenvalue weighted by molar-refractivity contribution is 0.114. The van der Waals surface area contributed by atoms with Crippen LogP contribution in [0.5, 0.6) is 0 Å². The van der Waals surface area contributed by atoms with Gasteiger partial charge in [-0.3, -0.25) is 4.90 Å². The molecule has 0 aromatic heterocycles. The molecule has 0 aliphatic carbocycles. The molecule has 2 atom stereocenters. The van der Waals surface area contributed by atoms with Crippen LogP contribution >= 0.6 is 0 Å². The second-order valence-electron chi connectivity index (χ2n) is 5.23. The molecule has 1 aromatic carbocycles. The lowest BCUT2D eigenvalue weighted by atomic mass is 9.92. The molecule has 1 saturated heterocycles. The highest BCUT2D eigenvalue weighted by Crippen LogP contribution is 2.24. The molecule has 1 fully saturated rings. The van der Waals surface area contributed by atoms with Crippen molar-refractivity contribution < 1.29 is 8.78 Å². The molecule has 1 aliphatic heterocycles. The van der Waals surface area contributed by atoms with E-state index in [0.717, 1.165) is 25.5 Å². The molecular weight excluding hydrogens is 234 g/mol. The minimum Gasteiger partial charge on any atom is -0.329 e. The summed E-state index contributed by atoms with van der Waals surface area (Å²) in [5.41, 5.74) is 6.19. The minimum atomic E-state index is -0.388. The van der Waals surface area contributed by atoms with Crippen molar-refractivity contribution in [1.82, 2.24) is 4.90 Å². The number of nitrogens with two attached hydrogens (primary N) is 1. The zero-order chi connectivity index (χ0) is 13.1. The van der Waals surface area contributed by atoms with Crippen molar-refractivity contribution in [2.75, 3.05) is 13.1 Å². The predicted octanol–water partition coefficient (Wildman–Crippen LogP) is 2.52. The summed E-state index contributed by atoms with van der Waals surface area (Å²) in [4.78, 5) is 2.16. The predicted molar refractivity (Wildman–Crippen MR) is 68.0 cm³/mol. The van der Waals surface area contributed by atoms with Crippen molar-refractivity contribution in [3.8, 4) is 0 Å². The van der Waals surface area contributed by atoms with Crippen LogP contribution in [0.15, 0.2) is 18.2 Å². The van der Waals surface area contributed by atoms with E-state index < -0.39 is 0 Å². The molecule has 2 nitrogen and oxygen atoms in total. The first kappa shape index (κ1) is 13.4. The van der Waals surface area contributed by atoms with Crippen LogP contribution in [0.3, 0.4) is 0 Å². The van der Waals surface area contributed by atoms with Crippen molar-refractivity contribution in [3.05, 3.63) is 35.4 Å². The molecule has 2 rings (SSSR count). The average molecular weight is 254 g/mol. The van der Waals surface area contributed by atoms with Gasteiger partial charge in [0.2, 0.25) is 0 Å². The molecule has 0 bridgehead atoms. The summed E-state index contributed by atoms with van der Waals surface area (Å²) >= 11 is 0. The van der Waals surface area contributed by atoms with Crippen LogP contribution in [-0.4, -0.2) is 24.0 Å². The zero-order valence-electron chi connectivity index (χ0n) is 10.7. The van der Waals surface area contributed by atoms with Crippen molar-refractivity contribution >= 4 is 0 Å². The molecule has 2 N–H and O–H groups in total. The van der Waals surface area contributed by atoms with E-state index in [4.69, 9.17) is 5.73 Å². The van der Waals surface area contributed by atoms with Crippen LogP contribution in [0.25, 0.3) is 0 Å². The Morgan fingerprint density at radius 3 is 2.89 bits per heavy atom. The maximum Gasteiger partial charge on any atom is 0.127 e. The average Bonchev–Trinajstić information content (AvgIpc) is 2.36. The maximum atomic E-state index is 13.6. The third kappa shape index (κ3) is 3.06. The van der Waals surface area contributed by atoms with Gasteiger partial charge in [-0.15, -0.1) is 0 Å². The van der Waals surface area contributed by atoms with Crippen molar-refractivity contribution in [2.45, 2.75) is 32.4 Å². The van der Waals surface area contributed by atoms with Crippen molar-refractivity contribution in [2.24, 2.45) is 11.7 Å². The van der Waals surface area contributed by atoms with Gasteiger partial charge in [0, 0.05) is 24.7 Å². The smallest absolute Gasteiger partial charge is 0.127 e. The fourth-order valence-electron chi connectivity index (χ4n) is 2.64. The first-order chi connectivity index (χ1) is 8.60. The molecule has 18 heavy (non-hydrogen) atoms. The number of piperidine rings is 1. The van der Waals surface area contributed by atoms with Gasteiger partial charge in [-0.1, -0.05) is 6.92 Å². The standard InChI is InChI=1S/C14H20F2N2/c1-10-4-5-18(13(6-10)8-17)9-11-7-12(15)2-3-14(11)16/h2-3,7,10,13H,4-6,8-9,17H2,1H3. The highest BCUT2D eigenvalue weighted by Gasteiger charge is 2.25. The Morgan fingerprint density at radius 2 is 2.17 bits per heavy atom. The number of hydrogen-bond donors (Lipinski definition) is 1. The largest absolute Gasteiger partial charge is 0.329 e. The van der Waals surface area contributed by atoms with Gasteiger partial charge in [-0.05, 0) is 43.5 Å². The molecule has 1 aliphatic rings. The van der Waals surface area contributed by atoms with Gasteiger partial charge in [0.25, 0.3) is 0 Å². The van der Waals surface area contributed by atoms with Crippen LogP contribution in [-0.2, 0) is 6.54 Å². The Hall–Kier alpha value is -1.00. The number of benzene rings is 1. The fraction of sp³-hybridized carbons (Fsp3) is 0.571. The number of hydrogen-bond acceptors (Lipinski definition) is 2. The summed E-state index contributed by atoms with van der Waals surface area (Å²) in [6, 6.07) is 3.89. The summed E-state index contributed by atoms with van der Waals surface area (Å²) in [5, 5.41) is 0. The highest BCUT2D eigenvalue weighted by molar-refractivity contribution is 5.18. The molecule has 4 heteroatoms. The van der Waals surface area contributed by atoms with E-state index in [-0.39, 0.29) is 17.7 Å². The maximum absolute atomic E-state index is 13.6. The Morgan fingerprint density at radius 1 is 1.39 bits per heavy atom. The lowest BCUT2D eigenvalue weighted by Gasteiger charge is -2.38. The van der Waals surface area contributed by atoms with Gasteiger partial charge in [0.1, 0.15) is 11.6 Å². The topological polar surface area (TPSA) is 29.3 Å². The van der Waals surface area contributed by atoms with Gasteiger partial charge in [-0.25, -0.2) is 8.78 Å². The summed E-state index contributed by atoms with van der Waals surface area (Å²) in [5.74, 6) is -0.0703. The lowest BCUT2D eigenvalue weighted by Crippen LogP contribution is -2.45. The normalized spacial score (nSPS) is 25.3. The number of likely N-dealkylation sites (tertiary alicyclic amines) is 1. The number of nitrogens with zero attached hydrogens (tertiary/aromatic N) is 1. The van der Waals surface area contributed by atoms with E-state index in [2.05, 4.69) is 11.8 Å². The van der Waals surface area contributed by atoms with E-state index in [9.17, 15) is 8.78 Å². The number of rotatable bonds is 3. The Labute approximate surface area is 107 Å². The third-order valence-electron chi connectivity index (χ3n) is 3.75. The number of halogens is 2. The molecule has 0 spiro atoms. The molecule has 1 heterocycles. The highest BCUT2D eigenvalue weighted by atomic mass is 19.1. The van der Waals surface area contributed by atoms with Gasteiger partial charge in [-0.2, -0.15) is 0 Å². The molecule has 0 amide bonds. The zero-order valence-corrected chi connectivity index (χ0v) is 10.7. The van der Waals surface area contributed by atoms with Gasteiger partial charge in [0.15, 0.2) is 0 Å². The van der Waals surface area contributed by atoms with E-state index in [1.165, 1.54) is 12.1 Å². The SMILES string of the molecule is CC1CCN(Cc2cc(F)ccc2F)C(CN)C1. The quantitative estimate of drug-likeness (QED) is 0.898. The van der Waals surface area contributed by atoms with Crippen molar-refractivity contribution in [1.29, 1.82) is 0 Å². The summed E-state index contributed by atoms with van der Waals surface area (Å²) < 4.78 is 26.7. The fourth-order valence-corrected chi connectivity index (χ4v) is 2.64. The summed E-state index contributed by atoms with van der Waals surface area (Å²) in [6.07, 6.45) is 2.13. The monoisotopic (exact) mass is 254 g/mol. The molecule has 2 unspecified atom stereocenters. The van der Waals surface area contributed by atoms with Crippen LogP contribution in [0.2, 0.25) is 0 Å². The third-order valence-corrected chi connectivity index (χ3v) is 3.75. The van der Waals surface area contributed by atoms with E-state index in [0.29, 0.717) is 24.6 Å². The Kier molecular flexibility index (Phi) is 4.30. The van der Waals surface area contributed by atoms with E-state index >= 15 is 0 Å². The molecule has 0 saturated carbocycles. The van der Waals surface area contributed by atoms with E-state index in [1.54, 1.807) is 0 Å². The first-order valence-corrected chi connectivity index (χ1v) is 6.48. The minimum absolute atomic E-state index is 0.274. The van der Waals surface area contributed by atoms with Crippen molar-refractivity contribution in [3.63, 3.8) is 0 Å². The van der Waals surface area contributed by atoms with Gasteiger partial charge < -0.3 is 5.73 Å². The van der Waals surface area contributed by atoms with Gasteiger partial charge >= 0.3 is 0 Å². The molecule has 100 valence electrons.